The number of anilines is 1. The second-order valence-corrected chi connectivity index (χ2v) is 4.30. The number of hydrogen-bond acceptors (Lipinski definition) is 3. The van der Waals surface area contributed by atoms with E-state index in [0.29, 0.717) is 6.61 Å². The van der Waals surface area contributed by atoms with Crippen LogP contribution in [0, 0.1) is 0 Å². The largest absolute Gasteiger partial charge is 0.492 e. The third-order valence-corrected chi connectivity index (χ3v) is 2.88. The lowest BCUT2D eigenvalue weighted by molar-refractivity contribution is 0.339. The highest BCUT2D eigenvalue weighted by atomic mass is 16.5. The third kappa shape index (κ3) is 3.28. The average molecular weight is 259 g/mol. The molecular weight excluding hydrogens is 238 g/mol. The maximum atomic E-state index is 5.67. The zero-order chi connectivity index (χ0) is 13.5. The molecular formula is C15H21N3O. The predicted molar refractivity (Wildman–Crippen MR) is 78.1 cm³/mol. The van der Waals surface area contributed by atoms with Crippen molar-refractivity contribution in [1.29, 1.82) is 0 Å². The molecule has 1 aromatic carbocycles. The number of hydrogen-bond donors (Lipinski definition) is 1. The Bertz CT molecular complexity index is 508. The summed E-state index contributed by atoms with van der Waals surface area (Å²) < 4.78 is 7.69. The van der Waals surface area contributed by atoms with Gasteiger partial charge in [-0.1, -0.05) is 25.5 Å². The van der Waals surface area contributed by atoms with Crippen molar-refractivity contribution in [2.45, 2.75) is 26.7 Å². The number of nitrogens with one attached hydrogen (secondary N) is 1. The number of unbranched alkanes of at least 4 members (excludes halogenated alkanes) is 1. The molecule has 0 aliphatic heterocycles. The van der Waals surface area contributed by atoms with Crippen molar-refractivity contribution in [3.8, 4) is 11.4 Å². The van der Waals surface area contributed by atoms with Crippen LogP contribution in [0.3, 0.4) is 0 Å². The number of benzene rings is 1. The molecule has 0 atom stereocenters. The quantitative estimate of drug-likeness (QED) is 0.774. The molecule has 0 spiro atoms. The van der Waals surface area contributed by atoms with E-state index >= 15 is 0 Å². The maximum absolute atomic E-state index is 5.67. The Morgan fingerprint density at radius 1 is 1.26 bits per heavy atom. The molecule has 0 aliphatic rings. The highest BCUT2D eigenvalue weighted by molar-refractivity contribution is 5.51. The summed E-state index contributed by atoms with van der Waals surface area (Å²) in [6, 6.07) is 8.01. The van der Waals surface area contributed by atoms with Crippen LogP contribution >= 0.6 is 0 Å². The van der Waals surface area contributed by atoms with Crippen molar-refractivity contribution in [2.75, 3.05) is 18.5 Å². The Kier molecular flexibility index (Phi) is 4.84. The zero-order valence-electron chi connectivity index (χ0n) is 11.6. The summed E-state index contributed by atoms with van der Waals surface area (Å²) in [4.78, 5) is 4.36. The average Bonchev–Trinajstić information content (AvgIpc) is 2.88. The fourth-order valence-electron chi connectivity index (χ4n) is 1.94. The summed E-state index contributed by atoms with van der Waals surface area (Å²) in [6.45, 7) is 5.76. The summed E-state index contributed by atoms with van der Waals surface area (Å²) in [5.41, 5.74) is 1.01. The fraction of sp³-hybridized carbons (Fsp3) is 0.400. The van der Waals surface area contributed by atoms with Gasteiger partial charge in [-0.3, -0.25) is 4.57 Å². The van der Waals surface area contributed by atoms with Crippen LogP contribution in [0.1, 0.15) is 26.7 Å². The van der Waals surface area contributed by atoms with E-state index in [1.807, 2.05) is 42.0 Å². The Labute approximate surface area is 114 Å². The van der Waals surface area contributed by atoms with Gasteiger partial charge in [-0.25, -0.2) is 4.98 Å². The van der Waals surface area contributed by atoms with E-state index in [0.717, 1.165) is 30.4 Å². The van der Waals surface area contributed by atoms with Gasteiger partial charge in [-0.05, 0) is 25.5 Å². The Morgan fingerprint density at radius 3 is 2.89 bits per heavy atom. The van der Waals surface area contributed by atoms with Gasteiger partial charge in [0.15, 0.2) is 0 Å². The van der Waals surface area contributed by atoms with E-state index in [1.54, 1.807) is 6.20 Å². The predicted octanol–water partition coefficient (Wildman–Crippen LogP) is 3.48. The number of imidazole rings is 1. The van der Waals surface area contributed by atoms with Gasteiger partial charge in [0.05, 0.1) is 12.3 Å². The van der Waals surface area contributed by atoms with Crippen LogP contribution in [-0.2, 0) is 0 Å². The van der Waals surface area contributed by atoms with Crippen LogP contribution in [0.2, 0.25) is 0 Å². The highest BCUT2D eigenvalue weighted by Crippen LogP contribution is 2.25. The molecule has 0 radical (unpaired) electrons. The first-order valence-electron chi connectivity index (χ1n) is 6.86. The van der Waals surface area contributed by atoms with Crippen molar-refractivity contribution < 1.29 is 4.74 Å². The van der Waals surface area contributed by atoms with Crippen LogP contribution in [0.25, 0.3) is 5.69 Å². The topological polar surface area (TPSA) is 39.1 Å². The van der Waals surface area contributed by atoms with E-state index in [9.17, 15) is 0 Å². The Hall–Kier alpha value is -1.97. The number of aromatic nitrogens is 2. The summed E-state index contributed by atoms with van der Waals surface area (Å²) in [5, 5.41) is 3.36. The molecule has 2 aromatic rings. The molecule has 1 aromatic heterocycles. The first-order chi connectivity index (χ1) is 9.36. The van der Waals surface area contributed by atoms with Gasteiger partial charge in [0, 0.05) is 18.9 Å². The van der Waals surface area contributed by atoms with Crippen molar-refractivity contribution >= 4 is 5.95 Å². The van der Waals surface area contributed by atoms with Gasteiger partial charge in [0.25, 0.3) is 0 Å². The number of rotatable bonds is 7. The smallest absolute Gasteiger partial charge is 0.207 e. The molecule has 2 rings (SSSR count). The van der Waals surface area contributed by atoms with Crippen LogP contribution in [-0.4, -0.2) is 22.7 Å². The minimum Gasteiger partial charge on any atom is -0.492 e. The van der Waals surface area contributed by atoms with E-state index < -0.39 is 0 Å². The zero-order valence-corrected chi connectivity index (χ0v) is 11.6. The van der Waals surface area contributed by atoms with E-state index in [2.05, 4.69) is 17.2 Å². The van der Waals surface area contributed by atoms with Gasteiger partial charge < -0.3 is 10.1 Å². The fourth-order valence-corrected chi connectivity index (χ4v) is 1.94. The molecule has 102 valence electrons. The number of ether oxygens (including phenoxy) is 1. The van der Waals surface area contributed by atoms with E-state index in [-0.39, 0.29) is 0 Å². The van der Waals surface area contributed by atoms with Gasteiger partial charge >= 0.3 is 0 Å². The Morgan fingerprint density at radius 2 is 2.11 bits per heavy atom. The van der Waals surface area contributed by atoms with Crippen molar-refractivity contribution in [3.63, 3.8) is 0 Å². The second kappa shape index (κ2) is 6.83. The highest BCUT2D eigenvalue weighted by Gasteiger charge is 2.09. The van der Waals surface area contributed by atoms with Crippen LogP contribution in [0.5, 0.6) is 5.75 Å². The third-order valence-electron chi connectivity index (χ3n) is 2.88. The van der Waals surface area contributed by atoms with Crippen molar-refractivity contribution in [1.82, 2.24) is 9.55 Å². The SMILES string of the molecule is CCCCNc1nccn1-c1ccccc1OCC. The molecule has 19 heavy (non-hydrogen) atoms. The minimum absolute atomic E-state index is 0.657. The second-order valence-electron chi connectivity index (χ2n) is 4.30. The maximum Gasteiger partial charge on any atom is 0.207 e. The molecule has 0 saturated heterocycles. The van der Waals surface area contributed by atoms with Gasteiger partial charge in [0.1, 0.15) is 5.75 Å². The molecule has 1 heterocycles. The first-order valence-corrected chi connectivity index (χ1v) is 6.86. The number of nitrogens with zero attached hydrogens (tertiary/aromatic N) is 2. The Balaban J connectivity index is 2.24. The number of para-hydroxylation sites is 2. The molecule has 0 amide bonds. The van der Waals surface area contributed by atoms with Gasteiger partial charge in [0.2, 0.25) is 5.95 Å². The van der Waals surface area contributed by atoms with Crippen molar-refractivity contribution in [3.05, 3.63) is 36.7 Å². The van der Waals surface area contributed by atoms with Gasteiger partial charge in [-0.2, -0.15) is 0 Å². The molecule has 0 unspecified atom stereocenters. The summed E-state index contributed by atoms with van der Waals surface area (Å²) in [5.74, 6) is 1.74. The van der Waals surface area contributed by atoms with E-state index in [4.69, 9.17) is 4.74 Å². The lowest BCUT2D eigenvalue weighted by Crippen LogP contribution is -2.08. The molecule has 0 fully saturated rings. The monoisotopic (exact) mass is 259 g/mol. The lowest BCUT2D eigenvalue weighted by atomic mass is 10.3. The summed E-state index contributed by atoms with van der Waals surface area (Å²) >= 11 is 0. The summed E-state index contributed by atoms with van der Waals surface area (Å²) in [7, 11) is 0. The summed E-state index contributed by atoms with van der Waals surface area (Å²) in [6.07, 6.45) is 6.06. The van der Waals surface area contributed by atoms with Gasteiger partial charge in [-0.15, -0.1) is 0 Å². The molecule has 0 saturated carbocycles. The molecule has 4 nitrogen and oxygen atoms in total. The van der Waals surface area contributed by atoms with Crippen LogP contribution in [0.4, 0.5) is 5.95 Å². The molecule has 0 bridgehead atoms. The lowest BCUT2D eigenvalue weighted by Gasteiger charge is -2.13. The minimum atomic E-state index is 0.657. The van der Waals surface area contributed by atoms with Crippen molar-refractivity contribution in [2.24, 2.45) is 0 Å². The van der Waals surface area contributed by atoms with Crippen LogP contribution < -0.4 is 10.1 Å². The first kappa shape index (κ1) is 13.5. The van der Waals surface area contributed by atoms with E-state index in [1.165, 1.54) is 6.42 Å². The standard InChI is InChI=1S/C15H21N3O/c1-3-5-10-16-15-17-11-12-18(15)13-8-6-7-9-14(13)19-4-2/h6-9,11-12H,3-5,10H2,1-2H3,(H,16,17). The molecule has 4 heteroatoms. The normalized spacial score (nSPS) is 10.4. The van der Waals surface area contributed by atoms with Crippen LogP contribution in [0.15, 0.2) is 36.7 Å². The molecule has 1 N–H and O–H groups in total. The molecule has 0 aliphatic carbocycles.